The van der Waals surface area contributed by atoms with Gasteiger partial charge in [0.1, 0.15) is 0 Å². The summed E-state index contributed by atoms with van der Waals surface area (Å²) in [5.41, 5.74) is 2.77. The van der Waals surface area contributed by atoms with E-state index in [1.165, 1.54) is 11.1 Å². The first kappa shape index (κ1) is 16.8. The zero-order chi connectivity index (χ0) is 17.2. The molecule has 2 aromatic rings. The summed E-state index contributed by atoms with van der Waals surface area (Å²) in [5, 5.41) is 0. The molecule has 2 heterocycles. The summed E-state index contributed by atoms with van der Waals surface area (Å²) in [7, 11) is 0. The summed E-state index contributed by atoms with van der Waals surface area (Å²) in [6, 6.07) is 22.8. The van der Waals surface area contributed by atoms with Crippen LogP contribution >= 0.6 is 0 Å². The highest BCUT2D eigenvalue weighted by Crippen LogP contribution is 2.34. The minimum Gasteiger partial charge on any atom is -0.373 e. The summed E-state index contributed by atoms with van der Waals surface area (Å²) in [4.78, 5) is 5.24. The van der Waals surface area contributed by atoms with Gasteiger partial charge in [0.2, 0.25) is 0 Å². The average molecular weight is 336 g/mol. The third-order valence-corrected chi connectivity index (χ3v) is 5.45. The maximum absolute atomic E-state index is 5.89. The SMILES string of the molecule is CC1CN(C2CN(C(c3ccccc3)c3ccccc3)C2)CC(C)O1. The molecule has 2 saturated heterocycles. The summed E-state index contributed by atoms with van der Waals surface area (Å²) in [6.07, 6.45) is 0.689. The number of likely N-dealkylation sites (tertiary alicyclic amines) is 1. The number of hydrogen-bond acceptors (Lipinski definition) is 3. The van der Waals surface area contributed by atoms with Gasteiger partial charge in [0.25, 0.3) is 0 Å². The molecule has 0 bridgehead atoms. The molecule has 4 rings (SSSR count). The zero-order valence-corrected chi connectivity index (χ0v) is 15.2. The molecule has 0 amide bonds. The first-order chi connectivity index (χ1) is 12.2. The molecule has 2 unspecified atom stereocenters. The Balaban J connectivity index is 1.49. The second kappa shape index (κ2) is 7.28. The van der Waals surface area contributed by atoms with E-state index >= 15 is 0 Å². The molecule has 2 aliphatic rings. The van der Waals surface area contributed by atoms with Crippen LogP contribution in [0.3, 0.4) is 0 Å². The fourth-order valence-corrected chi connectivity index (χ4v) is 4.33. The minimum absolute atomic E-state index is 0.344. The number of hydrogen-bond donors (Lipinski definition) is 0. The molecule has 0 radical (unpaired) electrons. The van der Waals surface area contributed by atoms with Gasteiger partial charge >= 0.3 is 0 Å². The third kappa shape index (κ3) is 3.64. The fourth-order valence-electron chi connectivity index (χ4n) is 4.33. The van der Waals surface area contributed by atoms with Crippen molar-refractivity contribution in [2.75, 3.05) is 26.2 Å². The van der Waals surface area contributed by atoms with Gasteiger partial charge in [0, 0.05) is 32.2 Å². The number of benzene rings is 2. The normalized spacial score (nSPS) is 25.9. The van der Waals surface area contributed by atoms with Crippen molar-refractivity contribution in [2.45, 2.75) is 38.1 Å². The van der Waals surface area contributed by atoms with Gasteiger partial charge in [-0.05, 0) is 25.0 Å². The van der Waals surface area contributed by atoms with Crippen molar-refractivity contribution >= 4 is 0 Å². The van der Waals surface area contributed by atoms with Crippen molar-refractivity contribution < 1.29 is 4.74 Å². The molecule has 0 aliphatic carbocycles. The molecule has 0 aromatic heterocycles. The lowest BCUT2D eigenvalue weighted by Gasteiger charge is -2.51. The smallest absolute Gasteiger partial charge is 0.0678 e. The summed E-state index contributed by atoms with van der Waals surface area (Å²) in [5.74, 6) is 0. The zero-order valence-electron chi connectivity index (χ0n) is 15.2. The largest absolute Gasteiger partial charge is 0.373 e. The molecule has 0 saturated carbocycles. The lowest BCUT2D eigenvalue weighted by molar-refractivity contribution is -0.105. The van der Waals surface area contributed by atoms with Gasteiger partial charge in [-0.3, -0.25) is 9.80 Å². The van der Waals surface area contributed by atoms with Crippen molar-refractivity contribution in [3.8, 4) is 0 Å². The molecule has 2 atom stereocenters. The van der Waals surface area contributed by atoms with Crippen LogP contribution in [0.2, 0.25) is 0 Å². The van der Waals surface area contributed by atoms with E-state index in [4.69, 9.17) is 4.74 Å². The monoisotopic (exact) mass is 336 g/mol. The van der Waals surface area contributed by atoms with Crippen LogP contribution in [0.5, 0.6) is 0 Å². The Bertz CT molecular complexity index is 619. The van der Waals surface area contributed by atoms with Crippen molar-refractivity contribution in [1.82, 2.24) is 9.80 Å². The molecular formula is C22H28N2O. The van der Waals surface area contributed by atoms with E-state index in [0.29, 0.717) is 24.3 Å². The minimum atomic E-state index is 0.344. The van der Waals surface area contributed by atoms with Crippen molar-refractivity contribution in [1.29, 1.82) is 0 Å². The van der Waals surface area contributed by atoms with Crippen LogP contribution in [-0.4, -0.2) is 54.2 Å². The fraction of sp³-hybridized carbons (Fsp3) is 0.455. The molecule has 2 aromatic carbocycles. The van der Waals surface area contributed by atoms with Crippen LogP contribution < -0.4 is 0 Å². The van der Waals surface area contributed by atoms with E-state index in [9.17, 15) is 0 Å². The number of ether oxygens (including phenoxy) is 1. The Hall–Kier alpha value is -1.68. The number of rotatable bonds is 4. The van der Waals surface area contributed by atoms with Gasteiger partial charge in [0.05, 0.1) is 18.2 Å². The van der Waals surface area contributed by atoms with Crippen molar-refractivity contribution in [3.63, 3.8) is 0 Å². The van der Waals surface area contributed by atoms with E-state index in [0.717, 1.165) is 26.2 Å². The Labute approximate surface area is 151 Å². The Kier molecular flexibility index (Phi) is 4.89. The second-order valence-corrected chi connectivity index (χ2v) is 7.54. The lowest BCUT2D eigenvalue weighted by Crippen LogP contribution is -2.63. The first-order valence-corrected chi connectivity index (χ1v) is 9.44. The van der Waals surface area contributed by atoms with E-state index in [-0.39, 0.29) is 0 Å². The molecule has 2 aliphatic heterocycles. The quantitative estimate of drug-likeness (QED) is 0.849. The van der Waals surface area contributed by atoms with Crippen molar-refractivity contribution in [2.24, 2.45) is 0 Å². The molecular weight excluding hydrogens is 308 g/mol. The number of nitrogens with zero attached hydrogens (tertiary/aromatic N) is 2. The maximum Gasteiger partial charge on any atom is 0.0678 e. The van der Waals surface area contributed by atoms with E-state index in [1.807, 2.05) is 0 Å². The summed E-state index contributed by atoms with van der Waals surface area (Å²) >= 11 is 0. The van der Waals surface area contributed by atoms with Gasteiger partial charge in [-0.25, -0.2) is 0 Å². The lowest BCUT2D eigenvalue weighted by atomic mass is 9.92. The van der Waals surface area contributed by atoms with Crippen LogP contribution in [-0.2, 0) is 4.74 Å². The molecule has 0 spiro atoms. The topological polar surface area (TPSA) is 15.7 Å². The van der Waals surface area contributed by atoms with Crippen LogP contribution in [0.4, 0.5) is 0 Å². The highest BCUT2D eigenvalue weighted by atomic mass is 16.5. The van der Waals surface area contributed by atoms with Crippen molar-refractivity contribution in [3.05, 3.63) is 71.8 Å². The maximum atomic E-state index is 5.89. The van der Waals surface area contributed by atoms with Gasteiger partial charge in [-0.15, -0.1) is 0 Å². The Morgan fingerprint density at radius 3 is 1.72 bits per heavy atom. The molecule has 3 heteroatoms. The summed E-state index contributed by atoms with van der Waals surface area (Å²) < 4.78 is 5.89. The van der Waals surface area contributed by atoms with E-state index < -0.39 is 0 Å². The second-order valence-electron chi connectivity index (χ2n) is 7.54. The van der Waals surface area contributed by atoms with Crippen LogP contribution in [0.25, 0.3) is 0 Å². The van der Waals surface area contributed by atoms with Gasteiger partial charge in [0.15, 0.2) is 0 Å². The molecule has 2 fully saturated rings. The molecule has 25 heavy (non-hydrogen) atoms. The predicted octanol–water partition coefficient (Wildman–Crippen LogP) is 3.57. The average Bonchev–Trinajstić information content (AvgIpc) is 2.58. The predicted molar refractivity (Wildman–Crippen MR) is 102 cm³/mol. The summed E-state index contributed by atoms with van der Waals surface area (Å²) in [6.45, 7) is 8.77. The van der Waals surface area contributed by atoms with Crippen LogP contribution in [0.15, 0.2) is 60.7 Å². The van der Waals surface area contributed by atoms with Gasteiger partial charge < -0.3 is 4.74 Å². The van der Waals surface area contributed by atoms with Crippen LogP contribution in [0.1, 0.15) is 31.0 Å². The van der Waals surface area contributed by atoms with Crippen LogP contribution in [0, 0.1) is 0 Å². The number of morpholine rings is 1. The van der Waals surface area contributed by atoms with E-state index in [1.54, 1.807) is 0 Å². The van der Waals surface area contributed by atoms with Gasteiger partial charge in [-0.1, -0.05) is 60.7 Å². The Morgan fingerprint density at radius 2 is 1.24 bits per heavy atom. The molecule has 0 N–H and O–H groups in total. The molecule has 3 nitrogen and oxygen atoms in total. The Morgan fingerprint density at radius 1 is 0.760 bits per heavy atom. The first-order valence-electron chi connectivity index (χ1n) is 9.44. The van der Waals surface area contributed by atoms with Gasteiger partial charge in [-0.2, -0.15) is 0 Å². The standard InChI is InChI=1S/C22H28N2O/c1-17-13-23(14-18(2)25-17)21-15-24(16-21)22(19-9-5-3-6-10-19)20-11-7-4-8-12-20/h3-12,17-18,21-22H,13-16H2,1-2H3. The third-order valence-electron chi connectivity index (χ3n) is 5.45. The molecule has 132 valence electrons. The highest BCUT2D eigenvalue weighted by Gasteiger charge is 2.39. The van der Waals surface area contributed by atoms with E-state index in [2.05, 4.69) is 84.3 Å². The highest BCUT2D eigenvalue weighted by molar-refractivity contribution is 5.32.